The normalized spacial score (nSPS) is 12.6. The fraction of sp³-hybridized carbons (Fsp3) is 0.409. The Morgan fingerprint density at radius 1 is 1.10 bits per heavy atom. The predicted molar refractivity (Wildman–Crippen MR) is 114 cm³/mol. The molecular formula is C22H30N2O4S. The van der Waals surface area contributed by atoms with Crippen molar-refractivity contribution in [3.63, 3.8) is 0 Å². The largest absolute Gasteiger partial charge is 0.494 e. The van der Waals surface area contributed by atoms with Crippen LogP contribution in [0.4, 0.5) is 0 Å². The van der Waals surface area contributed by atoms with E-state index in [0.29, 0.717) is 18.9 Å². The molecule has 0 saturated heterocycles. The van der Waals surface area contributed by atoms with E-state index in [0.717, 1.165) is 11.1 Å². The average molecular weight is 419 g/mol. The third kappa shape index (κ3) is 6.87. The number of amides is 1. The molecule has 0 saturated carbocycles. The van der Waals surface area contributed by atoms with Crippen molar-refractivity contribution in [2.24, 2.45) is 5.92 Å². The number of benzene rings is 2. The summed E-state index contributed by atoms with van der Waals surface area (Å²) in [5.74, 6) is 0.567. The van der Waals surface area contributed by atoms with E-state index in [9.17, 15) is 13.2 Å². The van der Waals surface area contributed by atoms with Crippen molar-refractivity contribution in [1.82, 2.24) is 10.0 Å². The first kappa shape index (κ1) is 22.9. The molecule has 0 unspecified atom stereocenters. The standard InChI is InChI=1S/C22H30N2O4S/c1-5-28-21-12-11-19(13-17(21)4)29(26,27)24-20(22(25)23-15-16(2)3)14-18-9-7-6-8-10-18/h6-13,16,20,24H,5,14-15H2,1-4H3,(H,23,25)/t20-/m0/s1. The number of carbonyl (C=O) groups excluding carboxylic acids is 1. The smallest absolute Gasteiger partial charge is 0.241 e. The molecule has 7 heteroatoms. The Morgan fingerprint density at radius 3 is 2.38 bits per heavy atom. The number of nitrogens with one attached hydrogen (secondary N) is 2. The van der Waals surface area contributed by atoms with Gasteiger partial charge in [0.2, 0.25) is 15.9 Å². The fourth-order valence-electron chi connectivity index (χ4n) is 2.83. The molecule has 0 fully saturated rings. The summed E-state index contributed by atoms with van der Waals surface area (Å²) in [4.78, 5) is 12.8. The lowest BCUT2D eigenvalue weighted by Crippen LogP contribution is -2.48. The van der Waals surface area contributed by atoms with Crippen LogP contribution in [0, 0.1) is 12.8 Å². The molecule has 0 bridgehead atoms. The molecule has 0 aliphatic carbocycles. The van der Waals surface area contributed by atoms with E-state index in [1.807, 2.05) is 51.1 Å². The molecule has 2 aromatic carbocycles. The number of rotatable bonds is 10. The summed E-state index contributed by atoms with van der Waals surface area (Å²) in [6, 6.07) is 13.1. The zero-order valence-corrected chi connectivity index (χ0v) is 18.3. The molecular weight excluding hydrogens is 388 g/mol. The Balaban J connectivity index is 2.25. The highest BCUT2D eigenvalue weighted by Crippen LogP contribution is 2.22. The van der Waals surface area contributed by atoms with E-state index in [2.05, 4.69) is 10.0 Å². The van der Waals surface area contributed by atoms with E-state index >= 15 is 0 Å². The van der Waals surface area contributed by atoms with Crippen LogP contribution in [0.5, 0.6) is 5.75 Å². The van der Waals surface area contributed by atoms with E-state index in [4.69, 9.17) is 4.74 Å². The fourth-order valence-corrected chi connectivity index (χ4v) is 4.11. The summed E-state index contributed by atoms with van der Waals surface area (Å²) in [6.45, 7) is 8.61. The van der Waals surface area contributed by atoms with Crippen LogP contribution in [0.25, 0.3) is 0 Å². The van der Waals surface area contributed by atoms with E-state index in [1.165, 1.54) is 6.07 Å². The van der Waals surface area contributed by atoms with Gasteiger partial charge in [0.1, 0.15) is 11.8 Å². The van der Waals surface area contributed by atoms with Gasteiger partial charge in [0.15, 0.2) is 0 Å². The van der Waals surface area contributed by atoms with Crippen molar-refractivity contribution in [3.05, 3.63) is 59.7 Å². The van der Waals surface area contributed by atoms with Gasteiger partial charge in [-0.1, -0.05) is 44.2 Å². The van der Waals surface area contributed by atoms with Gasteiger partial charge in [-0.05, 0) is 55.5 Å². The van der Waals surface area contributed by atoms with Gasteiger partial charge in [0, 0.05) is 6.54 Å². The van der Waals surface area contributed by atoms with Gasteiger partial charge < -0.3 is 10.1 Å². The molecule has 0 aromatic heterocycles. The Kier molecular flexibility index (Phi) is 8.22. The average Bonchev–Trinajstić information content (AvgIpc) is 2.68. The van der Waals surface area contributed by atoms with Gasteiger partial charge in [-0.3, -0.25) is 4.79 Å². The second-order valence-corrected chi connectivity index (χ2v) is 9.08. The topological polar surface area (TPSA) is 84.5 Å². The molecule has 0 spiro atoms. The van der Waals surface area contributed by atoms with Gasteiger partial charge in [0.25, 0.3) is 0 Å². The maximum absolute atomic E-state index is 13.0. The lowest BCUT2D eigenvalue weighted by atomic mass is 10.1. The monoisotopic (exact) mass is 418 g/mol. The second-order valence-electron chi connectivity index (χ2n) is 7.36. The minimum atomic E-state index is -3.88. The number of ether oxygens (including phenoxy) is 1. The third-order valence-corrected chi connectivity index (χ3v) is 5.81. The first-order chi connectivity index (χ1) is 13.7. The zero-order valence-electron chi connectivity index (χ0n) is 17.4. The van der Waals surface area contributed by atoms with E-state index in [-0.39, 0.29) is 23.1 Å². The van der Waals surface area contributed by atoms with Gasteiger partial charge in [-0.15, -0.1) is 0 Å². The summed E-state index contributed by atoms with van der Waals surface area (Å²) in [5, 5.41) is 2.83. The molecule has 0 aliphatic heterocycles. The molecule has 0 radical (unpaired) electrons. The summed E-state index contributed by atoms with van der Waals surface area (Å²) in [5.41, 5.74) is 1.60. The molecule has 29 heavy (non-hydrogen) atoms. The van der Waals surface area contributed by atoms with Gasteiger partial charge in [0.05, 0.1) is 11.5 Å². The highest BCUT2D eigenvalue weighted by molar-refractivity contribution is 7.89. The van der Waals surface area contributed by atoms with Crippen molar-refractivity contribution in [3.8, 4) is 5.75 Å². The third-order valence-electron chi connectivity index (χ3n) is 4.34. The minimum absolute atomic E-state index is 0.105. The summed E-state index contributed by atoms with van der Waals surface area (Å²) < 4.78 is 34.0. The second kappa shape index (κ2) is 10.4. The van der Waals surface area contributed by atoms with Crippen LogP contribution >= 0.6 is 0 Å². The van der Waals surface area contributed by atoms with Gasteiger partial charge >= 0.3 is 0 Å². The molecule has 2 aromatic rings. The van der Waals surface area contributed by atoms with Gasteiger partial charge in [-0.25, -0.2) is 8.42 Å². The maximum atomic E-state index is 13.0. The summed E-state index contributed by atoms with van der Waals surface area (Å²) in [7, 11) is -3.88. The summed E-state index contributed by atoms with van der Waals surface area (Å²) >= 11 is 0. The van der Waals surface area contributed by atoms with Crippen molar-refractivity contribution >= 4 is 15.9 Å². The van der Waals surface area contributed by atoms with E-state index in [1.54, 1.807) is 19.1 Å². The van der Waals surface area contributed by atoms with Crippen LogP contribution in [-0.4, -0.2) is 33.5 Å². The highest BCUT2D eigenvalue weighted by atomic mass is 32.2. The minimum Gasteiger partial charge on any atom is -0.494 e. The number of sulfonamides is 1. The SMILES string of the molecule is CCOc1ccc(S(=O)(=O)N[C@@H](Cc2ccccc2)C(=O)NCC(C)C)cc1C. The van der Waals surface area contributed by atoms with Crippen molar-refractivity contribution in [2.75, 3.05) is 13.2 Å². The van der Waals surface area contributed by atoms with Gasteiger partial charge in [-0.2, -0.15) is 4.72 Å². The molecule has 0 heterocycles. The van der Waals surface area contributed by atoms with E-state index < -0.39 is 16.1 Å². The molecule has 0 aliphatic rings. The van der Waals surface area contributed by atoms with Crippen LogP contribution in [0.15, 0.2) is 53.4 Å². The van der Waals surface area contributed by atoms with Crippen LogP contribution in [0.1, 0.15) is 31.9 Å². The number of hydrogen-bond donors (Lipinski definition) is 2. The first-order valence-corrected chi connectivity index (χ1v) is 11.3. The van der Waals surface area contributed by atoms with Crippen LogP contribution in [0.2, 0.25) is 0 Å². The Labute approximate surface area is 173 Å². The highest BCUT2D eigenvalue weighted by Gasteiger charge is 2.26. The molecule has 2 rings (SSSR count). The number of carbonyl (C=O) groups is 1. The summed E-state index contributed by atoms with van der Waals surface area (Å²) in [6.07, 6.45) is 0.264. The Morgan fingerprint density at radius 2 is 1.79 bits per heavy atom. The lowest BCUT2D eigenvalue weighted by Gasteiger charge is -2.20. The molecule has 158 valence electrons. The first-order valence-electron chi connectivity index (χ1n) is 9.80. The van der Waals surface area contributed by atoms with Crippen molar-refractivity contribution in [1.29, 1.82) is 0 Å². The molecule has 1 amide bonds. The van der Waals surface area contributed by atoms with Crippen LogP contribution in [0.3, 0.4) is 0 Å². The lowest BCUT2D eigenvalue weighted by molar-refractivity contribution is -0.122. The molecule has 2 N–H and O–H groups in total. The number of aryl methyl sites for hydroxylation is 1. The zero-order chi connectivity index (χ0) is 21.4. The Bertz CT molecular complexity index is 912. The molecule has 6 nitrogen and oxygen atoms in total. The van der Waals surface area contributed by atoms with Crippen LogP contribution in [-0.2, 0) is 21.2 Å². The Hall–Kier alpha value is -2.38. The van der Waals surface area contributed by atoms with Crippen LogP contribution < -0.4 is 14.8 Å². The predicted octanol–water partition coefficient (Wildman–Crippen LogP) is 3.06. The number of hydrogen-bond acceptors (Lipinski definition) is 4. The maximum Gasteiger partial charge on any atom is 0.241 e. The quantitative estimate of drug-likeness (QED) is 0.621. The van der Waals surface area contributed by atoms with Crippen molar-refractivity contribution < 1.29 is 17.9 Å². The molecule has 1 atom stereocenters. The van der Waals surface area contributed by atoms with Crippen molar-refractivity contribution in [2.45, 2.75) is 45.1 Å².